The van der Waals surface area contributed by atoms with E-state index in [0.717, 1.165) is 25.0 Å². The van der Waals surface area contributed by atoms with Crippen molar-refractivity contribution < 1.29 is 9.53 Å². The maximum atomic E-state index is 11.9. The van der Waals surface area contributed by atoms with Crippen LogP contribution >= 0.6 is 0 Å². The van der Waals surface area contributed by atoms with E-state index < -0.39 is 6.04 Å². The minimum atomic E-state index is -0.661. The molecule has 1 aliphatic heterocycles. The van der Waals surface area contributed by atoms with Gasteiger partial charge in [-0.25, -0.2) is 0 Å². The highest BCUT2D eigenvalue weighted by atomic mass is 16.5. The molecule has 0 spiro atoms. The average Bonchev–Trinajstić information content (AvgIpc) is 2.76. The molecule has 1 fully saturated rings. The fraction of sp³-hybridized carbons (Fsp3) is 0.636. The van der Waals surface area contributed by atoms with E-state index in [1.807, 2.05) is 0 Å². The first kappa shape index (κ1) is 12.1. The van der Waals surface area contributed by atoms with Gasteiger partial charge in [-0.15, -0.1) is 0 Å². The monoisotopic (exact) mass is 238 g/mol. The fourth-order valence-corrected chi connectivity index (χ4v) is 1.90. The van der Waals surface area contributed by atoms with Gasteiger partial charge in [-0.05, 0) is 12.8 Å². The van der Waals surface area contributed by atoms with Gasteiger partial charge < -0.3 is 15.8 Å². The van der Waals surface area contributed by atoms with Crippen LogP contribution in [0.2, 0.25) is 0 Å². The zero-order valence-electron chi connectivity index (χ0n) is 9.93. The van der Waals surface area contributed by atoms with Gasteiger partial charge in [0.15, 0.2) is 0 Å². The van der Waals surface area contributed by atoms with Crippen molar-refractivity contribution in [2.24, 2.45) is 12.8 Å². The van der Waals surface area contributed by atoms with Gasteiger partial charge in [-0.3, -0.25) is 9.48 Å². The van der Waals surface area contributed by atoms with Crippen molar-refractivity contribution in [3.63, 3.8) is 0 Å². The molecule has 0 aliphatic carbocycles. The number of aromatic nitrogens is 2. The molecule has 0 aromatic carbocycles. The summed E-state index contributed by atoms with van der Waals surface area (Å²) < 4.78 is 6.93. The van der Waals surface area contributed by atoms with E-state index in [4.69, 9.17) is 10.5 Å². The van der Waals surface area contributed by atoms with Gasteiger partial charge in [-0.2, -0.15) is 5.10 Å². The molecule has 0 saturated carbocycles. The largest absolute Gasteiger partial charge is 0.379 e. The Morgan fingerprint density at radius 3 is 3.18 bits per heavy atom. The predicted octanol–water partition coefficient (Wildman–Crippen LogP) is -0.285. The molecule has 1 aromatic rings. The Hall–Kier alpha value is -1.40. The molecule has 1 aliphatic rings. The highest BCUT2D eigenvalue weighted by molar-refractivity contribution is 5.83. The third-order valence-corrected chi connectivity index (χ3v) is 2.87. The van der Waals surface area contributed by atoms with E-state index in [1.165, 1.54) is 0 Å². The summed E-state index contributed by atoms with van der Waals surface area (Å²) in [5.41, 5.74) is 6.59. The van der Waals surface area contributed by atoms with Gasteiger partial charge in [0, 0.05) is 25.4 Å². The summed E-state index contributed by atoms with van der Waals surface area (Å²) in [5.74, 6) is -0.173. The minimum Gasteiger partial charge on any atom is -0.379 e. The van der Waals surface area contributed by atoms with Crippen molar-refractivity contribution in [1.82, 2.24) is 15.1 Å². The van der Waals surface area contributed by atoms with Crippen LogP contribution in [0.4, 0.5) is 0 Å². The molecule has 3 N–H and O–H groups in total. The van der Waals surface area contributed by atoms with Crippen molar-refractivity contribution in [2.75, 3.05) is 13.2 Å². The topological polar surface area (TPSA) is 82.2 Å². The van der Waals surface area contributed by atoms with Crippen LogP contribution in [0.25, 0.3) is 0 Å². The number of ether oxygens (including phenoxy) is 1. The lowest BCUT2D eigenvalue weighted by atomic mass is 10.1. The number of nitrogens with zero attached hydrogens (tertiary/aromatic N) is 2. The fourth-order valence-electron chi connectivity index (χ4n) is 1.90. The average molecular weight is 238 g/mol. The summed E-state index contributed by atoms with van der Waals surface area (Å²) in [5, 5.41) is 6.90. The number of nitrogens with two attached hydrogens (primary N) is 1. The quantitative estimate of drug-likeness (QED) is 0.758. The Morgan fingerprint density at radius 1 is 1.76 bits per heavy atom. The number of carbonyl (C=O) groups is 1. The molecule has 2 heterocycles. The normalized spacial score (nSPS) is 22.1. The van der Waals surface area contributed by atoms with E-state index >= 15 is 0 Å². The van der Waals surface area contributed by atoms with Crippen LogP contribution in [0, 0.1) is 0 Å². The number of nitrogens with one attached hydrogen (secondary N) is 1. The highest BCUT2D eigenvalue weighted by Gasteiger charge is 2.22. The molecular formula is C11H18N4O2. The molecular weight excluding hydrogens is 220 g/mol. The third-order valence-electron chi connectivity index (χ3n) is 2.87. The van der Waals surface area contributed by atoms with E-state index in [0.29, 0.717) is 6.61 Å². The molecule has 6 nitrogen and oxygen atoms in total. The Bertz CT molecular complexity index is 385. The first-order chi connectivity index (χ1) is 8.16. The second kappa shape index (κ2) is 5.29. The van der Waals surface area contributed by atoms with Crippen molar-refractivity contribution in [1.29, 1.82) is 0 Å². The lowest BCUT2D eigenvalue weighted by Gasteiger charge is -2.24. The van der Waals surface area contributed by atoms with E-state index in [-0.39, 0.29) is 11.9 Å². The number of rotatable bonds is 3. The lowest BCUT2D eigenvalue weighted by molar-refractivity contribution is -0.124. The van der Waals surface area contributed by atoms with Crippen LogP contribution in [-0.4, -0.2) is 34.9 Å². The Morgan fingerprint density at radius 2 is 2.59 bits per heavy atom. The first-order valence-corrected chi connectivity index (χ1v) is 5.79. The predicted molar refractivity (Wildman–Crippen MR) is 62.1 cm³/mol. The maximum absolute atomic E-state index is 11.9. The van der Waals surface area contributed by atoms with E-state index in [9.17, 15) is 4.79 Å². The molecule has 2 rings (SSSR count). The summed E-state index contributed by atoms with van der Waals surface area (Å²) in [7, 11) is 1.79. The van der Waals surface area contributed by atoms with Crippen LogP contribution in [0.5, 0.6) is 0 Å². The molecule has 6 heteroatoms. The molecule has 0 radical (unpaired) electrons. The van der Waals surface area contributed by atoms with Gasteiger partial charge >= 0.3 is 0 Å². The second-order valence-electron chi connectivity index (χ2n) is 4.35. The van der Waals surface area contributed by atoms with Crippen LogP contribution in [0.3, 0.4) is 0 Å². The lowest BCUT2D eigenvalue weighted by Crippen LogP contribution is -2.44. The summed E-state index contributed by atoms with van der Waals surface area (Å²) >= 11 is 0. The standard InChI is InChI=1S/C11H18N4O2/c1-15-6-8(5-13-15)10(12)11(16)14-9-3-2-4-17-7-9/h5-6,9-10H,2-4,7,12H2,1H3,(H,14,16). The summed E-state index contributed by atoms with van der Waals surface area (Å²) in [6.07, 6.45) is 5.29. The Balaban J connectivity index is 1.90. The number of hydrogen-bond acceptors (Lipinski definition) is 4. The first-order valence-electron chi connectivity index (χ1n) is 5.79. The zero-order valence-corrected chi connectivity index (χ0v) is 9.93. The van der Waals surface area contributed by atoms with Crippen LogP contribution < -0.4 is 11.1 Å². The smallest absolute Gasteiger partial charge is 0.241 e. The Labute approximate surface area is 100 Å². The summed E-state index contributed by atoms with van der Waals surface area (Å²) in [6.45, 7) is 1.35. The van der Waals surface area contributed by atoms with Gasteiger partial charge in [0.2, 0.25) is 5.91 Å². The van der Waals surface area contributed by atoms with Crippen molar-refractivity contribution >= 4 is 5.91 Å². The summed E-state index contributed by atoms with van der Waals surface area (Å²) in [6, 6.07) is -0.579. The van der Waals surface area contributed by atoms with E-state index in [1.54, 1.807) is 24.1 Å². The number of aryl methyl sites for hydroxylation is 1. The molecule has 94 valence electrons. The molecule has 1 saturated heterocycles. The number of amides is 1. The van der Waals surface area contributed by atoms with E-state index in [2.05, 4.69) is 10.4 Å². The molecule has 2 unspecified atom stereocenters. The van der Waals surface area contributed by atoms with Crippen molar-refractivity contribution in [3.05, 3.63) is 18.0 Å². The van der Waals surface area contributed by atoms with Gasteiger partial charge in [0.05, 0.1) is 18.8 Å². The summed E-state index contributed by atoms with van der Waals surface area (Å²) in [4.78, 5) is 11.9. The molecule has 1 amide bonds. The van der Waals surface area contributed by atoms with Crippen molar-refractivity contribution in [2.45, 2.75) is 24.9 Å². The molecule has 0 bridgehead atoms. The minimum absolute atomic E-state index is 0.0824. The molecule has 17 heavy (non-hydrogen) atoms. The van der Waals surface area contributed by atoms with Crippen LogP contribution in [-0.2, 0) is 16.6 Å². The second-order valence-corrected chi connectivity index (χ2v) is 4.35. The van der Waals surface area contributed by atoms with Crippen molar-refractivity contribution in [3.8, 4) is 0 Å². The highest BCUT2D eigenvalue weighted by Crippen LogP contribution is 2.11. The Kier molecular flexibility index (Phi) is 3.75. The van der Waals surface area contributed by atoms with Crippen LogP contribution in [0.1, 0.15) is 24.4 Å². The van der Waals surface area contributed by atoms with Gasteiger partial charge in [0.25, 0.3) is 0 Å². The number of carbonyl (C=O) groups excluding carboxylic acids is 1. The SMILES string of the molecule is Cn1cc(C(N)C(=O)NC2CCCOC2)cn1. The zero-order chi connectivity index (χ0) is 12.3. The van der Waals surface area contributed by atoms with Gasteiger partial charge in [-0.1, -0.05) is 0 Å². The molecule has 1 aromatic heterocycles. The third kappa shape index (κ3) is 3.04. The molecule has 2 atom stereocenters. The maximum Gasteiger partial charge on any atom is 0.241 e. The number of hydrogen-bond donors (Lipinski definition) is 2. The van der Waals surface area contributed by atoms with Crippen LogP contribution in [0.15, 0.2) is 12.4 Å². The van der Waals surface area contributed by atoms with Gasteiger partial charge in [0.1, 0.15) is 6.04 Å².